The zero-order valence-corrected chi connectivity index (χ0v) is 12.6. The average Bonchev–Trinajstić information content (AvgIpc) is 2.26. The third-order valence-electron chi connectivity index (χ3n) is 3.52. The van der Waals surface area contributed by atoms with Gasteiger partial charge in [0.2, 0.25) is 0 Å². The molecule has 1 aliphatic rings. The Hall–Kier alpha value is -0.580. The minimum absolute atomic E-state index is 0.245. The summed E-state index contributed by atoms with van der Waals surface area (Å²) in [5.74, 6) is -0.245. The van der Waals surface area contributed by atoms with E-state index in [1.54, 1.807) is 6.07 Å². The van der Waals surface area contributed by atoms with Gasteiger partial charge >= 0.3 is 0 Å². The number of hydrogen-bond acceptors (Lipinski definition) is 3. The van der Waals surface area contributed by atoms with Crippen LogP contribution < -0.4 is 0 Å². The second kappa shape index (κ2) is 6.25. The third-order valence-corrected chi connectivity index (χ3v) is 4.74. The largest absolute Gasteiger partial charge is 0.387 e. The van der Waals surface area contributed by atoms with Crippen molar-refractivity contribution >= 4 is 11.8 Å². The van der Waals surface area contributed by atoms with E-state index in [1.807, 2.05) is 18.7 Å². The highest BCUT2D eigenvalue weighted by molar-refractivity contribution is 8.00. The van der Waals surface area contributed by atoms with E-state index in [1.165, 1.54) is 12.1 Å². The summed E-state index contributed by atoms with van der Waals surface area (Å²) in [5, 5.41) is 11.6. The number of benzene rings is 1. The van der Waals surface area contributed by atoms with Crippen molar-refractivity contribution in [1.82, 2.24) is 4.90 Å². The minimum Gasteiger partial charge on any atom is -0.387 e. The van der Waals surface area contributed by atoms with Gasteiger partial charge in [0.15, 0.2) is 0 Å². The lowest BCUT2D eigenvalue weighted by atomic mass is 10.0. The number of nitrogens with zero attached hydrogens (tertiary/aromatic N) is 1. The van der Waals surface area contributed by atoms with E-state index in [0.717, 1.165) is 24.2 Å². The highest BCUT2D eigenvalue weighted by atomic mass is 32.2. The van der Waals surface area contributed by atoms with Gasteiger partial charge in [0.05, 0.1) is 6.10 Å². The maximum absolute atomic E-state index is 13.1. The van der Waals surface area contributed by atoms with Crippen molar-refractivity contribution < 1.29 is 9.50 Å². The maximum Gasteiger partial charge on any atom is 0.123 e. The fourth-order valence-corrected chi connectivity index (χ4v) is 4.18. The molecule has 0 aliphatic carbocycles. The minimum atomic E-state index is -0.539. The van der Waals surface area contributed by atoms with Crippen molar-refractivity contribution in [3.8, 4) is 0 Å². The molecule has 0 aromatic heterocycles. The van der Waals surface area contributed by atoms with Crippen LogP contribution in [0.2, 0.25) is 0 Å². The van der Waals surface area contributed by atoms with E-state index in [4.69, 9.17) is 0 Å². The van der Waals surface area contributed by atoms with Crippen LogP contribution >= 0.6 is 11.8 Å². The second-order valence-corrected chi connectivity index (χ2v) is 7.37. The SMILES string of the molecule is Cc1cc(F)ccc1C(O)CN1CC(C)SC(C)C1. The van der Waals surface area contributed by atoms with Crippen LogP contribution in [0.25, 0.3) is 0 Å². The molecule has 106 valence electrons. The standard InChI is InChI=1S/C15H22FNOS/c1-10-6-13(16)4-5-14(10)15(18)9-17-7-11(2)19-12(3)8-17/h4-6,11-12,15,18H,7-9H2,1-3H3. The van der Waals surface area contributed by atoms with Crippen LogP contribution in [0.15, 0.2) is 18.2 Å². The fraction of sp³-hybridized carbons (Fsp3) is 0.600. The number of hydrogen-bond donors (Lipinski definition) is 1. The zero-order valence-electron chi connectivity index (χ0n) is 11.8. The molecule has 19 heavy (non-hydrogen) atoms. The van der Waals surface area contributed by atoms with Crippen molar-refractivity contribution in [3.05, 3.63) is 35.1 Å². The summed E-state index contributed by atoms with van der Waals surface area (Å²) in [6.07, 6.45) is -0.539. The number of aryl methyl sites for hydroxylation is 1. The molecule has 0 amide bonds. The van der Waals surface area contributed by atoms with Crippen molar-refractivity contribution in [2.45, 2.75) is 37.4 Å². The van der Waals surface area contributed by atoms with Gasteiger partial charge in [-0.1, -0.05) is 19.9 Å². The summed E-state index contributed by atoms with van der Waals surface area (Å²) in [4.78, 5) is 2.30. The molecule has 0 spiro atoms. The number of aliphatic hydroxyl groups excluding tert-OH is 1. The van der Waals surface area contributed by atoms with Crippen LogP contribution in [-0.4, -0.2) is 40.1 Å². The summed E-state index contributed by atoms with van der Waals surface area (Å²) in [6.45, 7) is 8.94. The molecule has 3 atom stereocenters. The first kappa shape index (κ1) is 14.8. The number of halogens is 1. The Labute approximate surface area is 119 Å². The molecule has 1 saturated heterocycles. The van der Waals surface area contributed by atoms with Crippen LogP contribution in [-0.2, 0) is 0 Å². The molecule has 3 unspecified atom stereocenters. The predicted molar refractivity (Wildman–Crippen MR) is 79.1 cm³/mol. The highest BCUT2D eigenvalue weighted by Crippen LogP contribution is 2.27. The lowest BCUT2D eigenvalue weighted by Crippen LogP contribution is -2.42. The molecule has 2 rings (SSSR count). The molecule has 1 fully saturated rings. The first-order chi connectivity index (χ1) is 8.95. The topological polar surface area (TPSA) is 23.5 Å². The molecule has 2 nitrogen and oxygen atoms in total. The lowest BCUT2D eigenvalue weighted by Gasteiger charge is -2.35. The van der Waals surface area contributed by atoms with Crippen LogP contribution in [0.5, 0.6) is 0 Å². The summed E-state index contributed by atoms with van der Waals surface area (Å²) >= 11 is 2.00. The van der Waals surface area contributed by atoms with Gasteiger partial charge in [0, 0.05) is 30.1 Å². The number of β-amino-alcohol motifs (C(OH)–C–C–N with tert-alkyl or cyclic N) is 1. The van der Waals surface area contributed by atoms with Crippen molar-refractivity contribution in [2.24, 2.45) is 0 Å². The van der Waals surface area contributed by atoms with Crippen molar-refractivity contribution in [2.75, 3.05) is 19.6 Å². The zero-order chi connectivity index (χ0) is 14.0. The van der Waals surface area contributed by atoms with Crippen LogP contribution in [0.1, 0.15) is 31.1 Å². The molecular weight excluding hydrogens is 261 g/mol. The summed E-state index contributed by atoms with van der Waals surface area (Å²) in [7, 11) is 0. The molecule has 0 saturated carbocycles. The Bertz CT molecular complexity index is 430. The molecule has 1 aliphatic heterocycles. The van der Waals surface area contributed by atoms with E-state index < -0.39 is 6.10 Å². The second-order valence-electron chi connectivity index (χ2n) is 5.49. The Morgan fingerprint density at radius 3 is 2.58 bits per heavy atom. The van der Waals surface area contributed by atoms with Crippen molar-refractivity contribution in [3.63, 3.8) is 0 Å². The van der Waals surface area contributed by atoms with Gasteiger partial charge in [-0.2, -0.15) is 11.8 Å². The van der Waals surface area contributed by atoms with Crippen LogP contribution in [0, 0.1) is 12.7 Å². The molecule has 1 N–H and O–H groups in total. The molecule has 1 aromatic rings. The number of thioether (sulfide) groups is 1. The average molecular weight is 283 g/mol. The Morgan fingerprint density at radius 2 is 2.00 bits per heavy atom. The van der Waals surface area contributed by atoms with Crippen molar-refractivity contribution in [1.29, 1.82) is 0 Å². The van der Waals surface area contributed by atoms with Gasteiger partial charge in [0.25, 0.3) is 0 Å². The molecule has 0 radical (unpaired) electrons. The maximum atomic E-state index is 13.1. The molecule has 0 bridgehead atoms. The van der Waals surface area contributed by atoms with Gasteiger partial charge in [-0.15, -0.1) is 0 Å². The predicted octanol–water partition coefficient (Wildman–Crippen LogP) is 2.99. The monoisotopic (exact) mass is 283 g/mol. The van der Waals surface area contributed by atoms with Crippen LogP contribution in [0.4, 0.5) is 4.39 Å². The highest BCUT2D eigenvalue weighted by Gasteiger charge is 2.24. The van der Waals surface area contributed by atoms with Crippen LogP contribution in [0.3, 0.4) is 0 Å². The Kier molecular flexibility index (Phi) is 4.87. The first-order valence-corrected chi connectivity index (χ1v) is 7.72. The van der Waals surface area contributed by atoms with E-state index >= 15 is 0 Å². The summed E-state index contributed by atoms with van der Waals surface area (Å²) < 4.78 is 13.1. The molecule has 1 aromatic carbocycles. The molecule has 4 heteroatoms. The van der Waals surface area contributed by atoms with Gasteiger partial charge in [-0.3, -0.25) is 4.90 Å². The van der Waals surface area contributed by atoms with Gasteiger partial charge < -0.3 is 5.11 Å². The molecular formula is C15H22FNOS. The lowest BCUT2D eigenvalue weighted by molar-refractivity contribution is 0.111. The Morgan fingerprint density at radius 1 is 1.37 bits per heavy atom. The smallest absolute Gasteiger partial charge is 0.123 e. The summed E-state index contributed by atoms with van der Waals surface area (Å²) in [6, 6.07) is 4.60. The molecule has 1 heterocycles. The number of aliphatic hydroxyl groups is 1. The van der Waals surface area contributed by atoms with E-state index in [0.29, 0.717) is 17.0 Å². The summed E-state index contributed by atoms with van der Waals surface area (Å²) in [5.41, 5.74) is 1.65. The Balaban J connectivity index is 2.02. The van der Waals surface area contributed by atoms with Gasteiger partial charge in [0.1, 0.15) is 5.82 Å². The van der Waals surface area contributed by atoms with E-state index in [-0.39, 0.29) is 5.82 Å². The normalized spacial score (nSPS) is 26.4. The number of rotatable bonds is 3. The van der Waals surface area contributed by atoms with E-state index in [9.17, 15) is 9.50 Å². The van der Waals surface area contributed by atoms with E-state index in [2.05, 4.69) is 18.7 Å². The first-order valence-electron chi connectivity index (χ1n) is 6.77. The van der Waals surface area contributed by atoms with Gasteiger partial charge in [-0.25, -0.2) is 4.39 Å². The fourth-order valence-electron chi connectivity index (χ4n) is 2.79. The third kappa shape index (κ3) is 3.94. The quantitative estimate of drug-likeness (QED) is 0.922. The van der Waals surface area contributed by atoms with Gasteiger partial charge in [-0.05, 0) is 30.2 Å².